The Bertz CT molecular complexity index is 827. The minimum absolute atomic E-state index is 0.0356. The summed E-state index contributed by atoms with van der Waals surface area (Å²) in [5, 5.41) is 2.77. The zero-order valence-corrected chi connectivity index (χ0v) is 13.1. The van der Waals surface area contributed by atoms with Crippen molar-refractivity contribution in [3.05, 3.63) is 59.7 Å². The molecule has 0 spiro atoms. The Kier molecular flexibility index (Phi) is 3.74. The summed E-state index contributed by atoms with van der Waals surface area (Å²) in [4.78, 5) is 11.6. The zero-order chi connectivity index (χ0) is 15.7. The number of fused-ring (bicyclic) bond motifs is 1. The molecule has 0 radical (unpaired) electrons. The largest absolute Gasteiger partial charge is 0.326 e. The lowest BCUT2D eigenvalue weighted by atomic mass is 9.88. The van der Waals surface area contributed by atoms with Gasteiger partial charge in [-0.3, -0.25) is 4.79 Å². The fourth-order valence-electron chi connectivity index (χ4n) is 2.97. The Morgan fingerprint density at radius 3 is 2.68 bits per heavy atom. The maximum Gasteiger partial charge on any atom is 0.221 e. The average molecular weight is 315 g/mol. The lowest BCUT2D eigenvalue weighted by Gasteiger charge is -2.26. The number of carbonyl (C=O) groups is 1. The molecule has 1 aliphatic heterocycles. The molecule has 4 nitrogen and oxygen atoms in total. The molecule has 0 fully saturated rings. The van der Waals surface area contributed by atoms with E-state index in [4.69, 9.17) is 0 Å². The predicted octanol–water partition coefficient (Wildman–Crippen LogP) is 2.95. The van der Waals surface area contributed by atoms with Gasteiger partial charge in [-0.2, -0.15) is 0 Å². The molecule has 1 amide bonds. The van der Waals surface area contributed by atoms with E-state index in [2.05, 4.69) is 5.32 Å². The Morgan fingerprint density at radius 2 is 1.91 bits per heavy atom. The third kappa shape index (κ3) is 2.76. The number of hydrogen-bond acceptors (Lipinski definition) is 3. The summed E-state index contributed by atoms with van der Waals surface area (Å²) in [6.45, 7) is 1.47. The molecule has 0 aromatic heterocycles. The highest BCUT2D eigenvalue weighted by molar-refractivity contribution is 7.91. The van der Waals surface area contributed by atoms with Gasteiger partial charge in [0.1, 0.15) is 0 Å². The van der Waals surface area contributed by atoms with E-state index >= 15 is 0 Å². The number of sulfone groups is 1. The van der Waals surface area contributed by atoms with Crippen molar-refractivity contribution in [3.8, 4) is 0 Å². The van der Waals surface area contributed by atoms with E-state index in [9.17, 15) is 13.2 Å². The molecule has 2 aromatic carbocycles. The molecule has 1 aliphatic rings. The number of benzene rings is 2. The lowest BCUT2D eigenvalue weighted by Crippen LogP contribution is -2.20. The minimum atomic E-state index is -3.18. The van der Waals surface area contributed by atoms with Crippen LogP contribution in [0.25, 0.3) is 0 Å². The van der Waals surface area contributed by atoms with Gasteiger partial charge < -0.3 is 5.32 Å². The highest BCUT2D eigenvalue weighted by Gasteiger charge is 2.30. The van der Waals surface area contributed by atoms with Crippen LogP contribution in [0.5, 0.6) is 0 Å². The normalized spacial score (nSPS) is 19.2. The van der Waals surface area contributed by atoms with Crippen LogP contribution in [0.15, 0.2) is 53.4 Å². The molecule has 0 saturated carbocycles. The summed E-state index contributed by atoms with van der Waals surface area (Å²) in [6, 6.07) is 14.8. The molecule has 0 bridgehead atoms. The van der Waals surface area contributed by atoms with E-state index in [1.54, 1.807) is 12.1 Å². The summed E-state index contributed by atoms with van der Waals surface area (Å²) >= 11 is 0. The molecule has 1 atom stereocenters. The fraction of sp³-hybridized carbons (Fsp3) is 0.235. The van der Waals surface area contributed by atoms with Crippen LogP contribution in [0.4, 0.5) is 5.69 Å². The van der Waals surface area contributed by atoms with Gasteiger partial charge in [-0.1, -0.05) is 30.3 Å². The monoisotopic (exact) mass is 315 g/mol. The molecule has 114 valence electrons. The Labute approximate surface area is 130 Å². The molecule has 5 heteroatoms. The van der Waals surface area contributed by atoms with Crippen LogP contribution in [0.2, 0.25) is 0 Å². The molecule has 1 heterocycles. The SMILES string of the molecule is CC(=O)Nc1cccc(C2CCS(=O)(=O)c3ccccc32)c1. The smallest absolute Gasteiger partial charge is 0.221 e. The van der Waals surface area contributed by atoms with Crippen LogP contribution in [0.3, 0.4) is 0 Å². The van der Waals surface area contributed by atoms with E-state index in [0.717, 1.165) is 16.8 Å². The maximum atomic E-state index is 12.2. The molecule has 0 aliphatic carbocycles. The van der Waals surface area contributed by atoms with Crippen molar-refractivity contribution >= 4 is 21.4 Å². The van der Waals surface area contributed by atoms with Gasteiger partial charge in [0, 0.05) is 18.5 Å². The van der Waals surface area contributed by atoms with Crippen molar-refractivity contribution < 1.29 is 13.2 Å². The molecule has 22 heavy (non-hydrogen) atoms. The maximum absolute atomic E-state index is 12.2. The third-order valence-electron chi connectivity index (χ3n) is 3.91. The zero-order valence-electron chi connectivity index (χ0n) is 12.2. The number of hydrogen-bond donors (Lipinski definition) is 1. The summed E-state index contributed by atoms with van der Waals surface area (Å²) in [7, 11) is -3.18. The van der Waals surface area contributed by atoms with Crippen molar-refractivity contribution in [2.24, 2.45) is 0 Å². The van der Waals surface area contributed by atoms with Crippen molar-refractivity contribution in [2.75, 3.05) is 11.1 Å². The average Bonchev–Trinajstić information content (AvgIpc) is 2.47. The predicted molar refractivity (Wildman–Crippen MR) is 85.7 cm³/mol. The quantitative estimate of drug-likeness (QED) is 0.926. The van der Waals surface area contributed by atoms with Gasteiger partial charge in [0.2, 0.25) is 5.91 Å². The van der Waals surface area contributed by atoms with Crippen LogP contribution in [-0.4, -0.2) is 20.1 Å². The van der Waals surface area contributed by atoms with E-state index in [1.165, 1.54) is 6.92 Å². The van der Waals surface area contributed by atoms with Crippen molar-refractivity contribution in [2.45, 2.75) is 24.2 Å². The van der Waals surface area contributed by atoms with Gasteiger partial charge in [0.15, 0.2) is 9.84 Å². The van der Waals surface area contributed by atoms with Gasteiger partial charge in [-0.25, -0.2) is 8.42 Å². The van der Waals surface area contributed by atoms with Crippen LogP contribution in [0, 0.1) is 0 Å². The lowest BCUT2D eigenvalue weighted by molar-refractivity contribution is -0.114. The number of amides is 1. The number of anilines is 1. The first kappa shape index (κ1) is 14.8. The van der Waals surface area contributed by atoms with Crippen molar-refractivity contribution in [1.82, 2.24) is 0 Å². The summed E-state index contributed by atoms with van der Waals surface area (Å²) in [5.41, 5.74) is 2.60. The van der Waals surface area contributed by atoms with Gasteiger partial charge in [-0.05, 0) is 35.7 Å². The molecule has 2 aromatic rings. The standard InChI is InChI=1S/C17H17NO3S/c1-12(19)18-14-6-4-5-13(11-14)15-9-10-22(20,21)17-8-3-2-7-16(15)17/h2-8,11,15H,9-10H2,1H3,(H,18,19). The van der Waals surface area contributed by atoms with Crippen LogP contribution in [-0.2, 0) is 14.6 Å². The first-order chi connectivity index (χ1) is 10.5. The Morgan fingerprint density at radius 1 is 1.14 bits per heavy atom. The van der Waals surface area contributed by atoms with E-state index in [1.807, 2.05) is 36.4 Å². The third-order valence-corrected chi connectivity index (χ3v) is 5.73. The molecule has 1 unspecified atom stereocenters. The molecule has 0 saturated heterocycles. The van der Waals surface area contributed by atoms with E-state index in [0.29, 0.717) is 11.3 Å². The minimum Gasteiger partial charge on any atom is -0.326 e. The topological polar surface area (TPSA) is 63.2 Å². The Hall–Kier alpha value is -2.14. The summed E-state index contributed by atoms with van der Waals surface area (Å²) in [5.74, 6) is 0.0659. The number of carbonyl (C=O) groups excluding carboxylic acids is 1. The van der Waals surface area contributed by atoms with Crippen LogP contribution in [0.1, 0.15) is 30.4 Å². The van der Waals surface area contributed by atoms with Crippen LogP contribution < -0.4 is 5.32 Å². The molecular formula is C17H17NO3S. The highest BCUT2D eigenvalue weighted by atomic mass is 32.2. The van der Waals surface area contributed by atoms with Gasteiger partial charge in [0.05, 0.1) is 10.6 Å². The molecular weight excluding hydrogens is 298 g/mol. The van der Waals surface area contributed by atoms with Crippen LogP contribution >= 0.6 is 0 Å². The number of rotatable bonds is 2. The second-order valence-electron chi connectivity index (χ2n) is 5.50. The van der Waals surface area contributed by atoms with E-state index in [-0.39, 0.29) is 17.6 Å². The Balaban J connectivity index is 2.05. The summed E-state index contributed by atoms with van der Waals surface area (Å²) in [6.07, 6.45) is 0.558. The first-order valence-electron chi connectivity index (χ1n) is 7.16. The van der Waals surface area contributed by atoms with Gasteiger partial charge in [-0.15, -0.1) is 0 Å². The highest BCUT2D eigenvalue weighted by Crippen LogP contribution is 2.38. The molecule has 1 N–H and O–H groups in total. The molecule has 3 rings (SSSR count). The van der Waals surface area contributed by atoms with Crippen molar-refractivity contribution in [1.29, 1.82) is 0 Å². The second-order valence-corrected chi connectivity index (χ2v) is 7.58. The van der Waals surface area contributed by atoms with Crippen molar-refractivity contribution in [3.63, 3.8) is 0 Å². The number of nitrogens with one attached hydrogen (secondary N) is 1. The summed E-state index contributed by atoms with van der Waals surface area (Å²) < 4.78 is 24.4. The fourth-order valence-corrected chi connectivity index (χ4v) is 4.59. The van der Waals surface area contributed by atoms with E-state index < -0.39 is 9.84 Å². The van der Waals surface area contributed by atoms with Gasteiger partial charge in [0.25, 0.3) is 0 Å². The van der Waals surface area contributed by atoms with Gasteiger partial charge >= 0.3 is 0 Å². The first-order valence-corrected chi connectivity index (χ1v) is 8.82. The second kappa shape index (κ2) is 5.57.